The lowest BCUT2D eigenvalue weighted by Gasteiger charge is -2.20. The lowest BCUT2D eigenvalue weighted by atomic mass is 10.1. The first-order chi connectivity index (χ1) is 14.0. The third kappa shape index (κ3) is 3.96. The van der Waals surface area contributed by atoms with Crippen LogP contribution < -0.4 is 0 Å². The number of ether oxygens (including phenoxy) is 1. The average molecular weight is 431 g/mol. The number of esters is 1. The van der Waals surface area contributed by atoms with E-state index >= 15 is 0 Å². The van der Waals surface area contributed by atoms with Gasteiger partial charge in [0.25, 0.3) is 5.91 Å². The number of thiophene rings is 2. The maximum Gasteiger partial charge on any atom is 0.433 e. The highest BCUT2D eigenvalue weighted by Gasteiger charge is 2.34. The molecule has 0 saturated heterocycles. The minimum Gasteiger partial charge on any atom is -0.450 e. The minimum atomic E-state index is -0.958. The highest BCUT2D eigenvalue weighted by Crippen LogP contribution is 2.35. The molecule has 0 bridgehead atoms. The molecule has 1 atom stereocenters. The standard InChI is InChI=1S/C18H13N3O6S2/c22-16(10-26-18(23)13-5-6-17(27-13)21(24)25)20-12(15-4-2-8-29-15)9-11(19-20)14-3-1-7-28-14/h1-8,12H,9-10H2. The number of hydrogen-bond acceptors (Lipinski definition) is 9. The summed E-state index contributed by atoms with van der Waals surface area (Å²) in [7, 11) is 0. The van der Waals surface area contributed by atoms with E-state index in [-0.39, 0.29) is 11.8 Å². The van der Waals surface area contributed by atoms with Crippen molar-refractivity contribution >= 4 is 46.1 Å². The van der Waals surface area contributed by atoms with Crippen molar-refractivity contribution in [2.75, 3.05) is 6.61 Å². The molecule has 0 aromatic carbocycles. The summed E-state index contributed by atoms with van der Waals surface area (Å²) in [5.41, 5.74) is 0.791. The molecule has 29 heavy (non-hydrogen) atoms. The first kappa shape index (κ1) is 19.0. The lowest BCUT2D eigenvalue weighted by molar-refractivity contribution is -0.402. The van der Waals surface area contributed by atoms with Crippen molar-refractivity contribution in [2.45, 2.75) is 12.5 Å². The molecule has 0 spiro atoms. The van der Waals surface area contributed by atoms with E-state index in [2.05, 4.69) is 5.10 Å². The van der Waals surface area contributed by atoms with Gasteiger partial charge in [-0.05, 0) is 29.0 Å². The number of nitro groups is 1. The molecule has 3 aromatic rings. The Bertz CT molecular complexity index is 1070. The normalized spacial score (nSPS) is 15.9. The molecule has 1 amide bonds. The zero-order chi connectivity index (χ0) is 20.4. The van der Waals surface area contributed by atoms with Crippen molar-refractivity contribution < 1.29 is 23.7 Å². The van der Waals surface area contributed by atoms with Gasteiger partial charge in [-0.3, -0.25) is 14.9 Å². The zero-order valence-electron chi connectivity index (χ0n) is 14.7. The lowest BCUT2D eigenvalue weighted by Crippen LogP contribution is -2.31. The topological polar surface area (TPSA) is 115 Å². The third-order valence-corrected chi connectivity index (χ3v) is 6.04. The number of hydrogen-bond donors (Lipinski definition) is 0. The van der Waals surface area contributed by atoms with E-state index in [1.165, 1.54) is 27.7 Å². The van der Waals surface area contributed by atoms with E-state index in [1.54, 1.807) is 0 Å². The van der Waals surface area contributed by atoms with Crippen LogP contribution >= 0.6 is 22.7 Å². The molecule has 0 N–H and O–H groups in total. The molecule has 1 aliphatic heterocycles. The van der Waals surface area contributed by atoms with Crippen molar-refractivity contribution in [1.29, 1.82) is 0 Å². The molecule has 148 valence electrons. The Labute approximate surface area is 172 Å². The Morgan fingerprint density at radius 2 is 2.03 bits per heavy atom. The second-order valence-corrected chi connectivity index (χ2v) is 7.90. The van der Waals surface area contributed by atoms with Gasteiger partial charge in [0, 0.05) is 11.3 Å². The fourth-order valence-electron chi connectivity index (χ4n) is 2.83. The predicted octanol–water partition coefficient (Wildman–Crippen LogP) is 3.85. The first-order valence-electron chi connectivity index (χ1n) is 8.41. The monoisotopic (exact) mass is 431 g/mol. The summed E-state index contributed by atoms with van der Waals surface area (Å²) < 4.78 is 9.76. The van der Waals surface area contributed by atoms with Gasteiger partial charge in [0.1, 0.15) is 4.92 Å². The van der Waals surface area contributed by atoms with Gasteiger partial charge in [-0.1, -0.05) is 12.1 Å². The average Bonchev–Trinajstić information content (AvgIpc) is 3.49. The summed E-state index contributed by atoms with van der Waals surface area (Å²) in [6.45, 7) is -0.559. The van der Waals surface area contributed by atoms with E-state index in [0.717, 1.165) is 27.6 Å². The van der Waals surface area contributed by atoms with Gasteiger partial charge in [0.05, 0.1) is 22.7 Å². The third-order valence-electron chi connectivity index (χ3n) is 4.14. The molecule has 0 radical (unpaired) electrons. The molecule has 1 unspecified atom stereocenters. The maximum absolute atomic E-state index is 12.7. The van der Waals surface area contributed by atoms with Crippen LogP contribution in [0.25, 0.3) is 0 Å². The molecular weight excluding hydrogens is 418 g/mol. The van der Waals surface area contributed by atoms with E-state index in [9.17, 15) is 19.7 Å². The molecule has 1 aliphatic rings. The molecule has 9 nitrogen and oxygen atoms in total. The predicted molar refractivity (Wildman–Crippen MR) is 105 cm³/mol. The molecule has 0 aliphatic carbocycles. The number of rotatable bonds is 6. The smallest absolute Gasteiger partial charge is 0.433 e. The Hall–Kier alpha value is -3.31. The highest BCUT2D eigenvalue weighted by molar-refractivity contribution is 7.12. The summed E-state index contributed by atoms with van der Waals surface area (Å²) in [4.78, 5) is 36.6. The van der Waals surface area contributed by atoms with E-state index in [0.29, 0.717) is 6.42 Å². The number of nitrogens with zero attached hydrogens (tertiary/aromatic N) is 3. The van der Waals surface area contributed by atoms with Gasteiger partial charge < -0.3 is 9.15 Å². The molecule has 3 aromatic heterocycles. The van der Waals surface area contributed by atoms with Crippen LogP contribution in [0, 0.1) is 10.1 Å². The molecule has 0 saturated carbocycles. The Balaban J connectivity index is 1.47. The van der Waals surface area contributed by atoms with Gasteiger partial charge in [0.2, 0.25) is 5.76 Å². The maximum atomic E-state index is 12.7. The van der Waals surface area contributed by atoms with E-state index < -0.39 is 29.3 Å². The van der Waals surface area contributed by atoms with Crippen LogP contribution in [0.1, 0.15) is 32.8 Å². The molecular formula is C18H13N3O6S2. The summed E-state index contributed by atoms with van der Waals surface area (Å²) in [5.74, 6) is -2.38. The Morgan fingerprint density at radius 3 is 2.69 bits per heavy atom. The quantitative estimate of drug-likeness (QED) is 0.333. The fourth-order valence-corrected chi connectivity index (χ4v) is 4.37. The number of furan rings is 1. The molecule has 4 rings (SSSR count). The van der Waals surface area contributed by atoms with Gasteiger partial charge in [-0.2, -0.15) is 5.10 Å². The molecule has 11 heteroatoms. The van der Waals surface area contributed by atoms with Crippen LogP contribution in [0.3, 0.4) is 0 Å². The number of carbonyl (C=O) groups is 2. The van der Waals surface area contributed by atoms with Crippen molar-refractivity contribution in [2.24, 2.45) is 5.10 Å². The van der Waals surface area contributed by atoms with Crippen LogP contribution in [0.4, 0.5) is 5.88 Å². The van der Waals surface area contributed by atoms with Crippen molar-refractivity contribution in [3.8, 4) is 0 Å². The molecule has 4 heterocycles. The highest BCUT2D eigenvalue weighted by atomic mass is 32.1. The van der Waals surface area contributed by atoms with Crippen LogP contribution in [0.15, 0.2) is 56.7 Å². The van der Waals surface area contributed by atoms with Gasteiger partial charge in [-0.25, -0.2) is 9.80 Å². The summed E-state index contributed by atoms with van der Waals surface area (Å²) >= 11 is 3.05. The van der Waals surface area contributed by atoms with Crippen molar-refractivity contribution in [3.05, 3.63) is 72.8 Å². The Morgan fingerprint density at radius 1 is 1.24 bits per heavy atom. The number of hydrazone groups is 1. The van der Waals surface area contributed by atoms with Crippen molar-refractivity contribution in [3.63, 3.8) is 0 Å². The first-order valence-corrected chi connectivity index (χ1v) is 10.2. The number of amides is 1. The van der Waals surface area contributed by atoms with Crippen LogP contribution in [-0.2, 0) is 9.53 Å². The van der Waals surface area contributed by atoms with Gasteiger partial charge in [0.15, 0.2) is 6.61 Å². The van der Waals surface area contributed by atoms with E-state index in [1.807, 2.05) is 35.0 Å². The second-order valence-electron chi connectivity index (χ2n) is 5.97. The Kier molecular flexibility index (Phi) is 5.23. The van der Waals surface area contributed by atoms with Crippen LogP contribution in [0.5, 0.6) is 0 Å². The molecule has 0 fully saturated rings. The van der Waals surface area contributed by atoms with Gasteiger partial charge in [-0.15, -0.1) is 22.7 Å². The van der Waals surface area contributed by atoms with Gasteiger partial charge >= 0.3 is 11.9 Å². The summed E-state index contributed by atoms with van der Waals surface area (Å²) in [5, 5.41) is 20.3. The summed E-state index contributed by atoms with van der Waals surface area (Å²) in [6.07, 6.45) is 0.561. The minimum absolute atomic E-state index is 0.275. The summed E-state index contributed by atoms with van der Waals surface area (Å²) in [6, 6.07) is 9.57. The van der Waals surface area contributed by atoms with Crippen LogP contribution in [0.2, 0.25) is 0 Å². The van der Waals surface area contributed by atoms with Crippen LogP contribution in [-0.4, -0.2) is 34.1 Å². The number of carbonyl (C=O) groups excluding carboxylic acids is 2. The van der Waals surface area contributed by atoms with Crippen molar-refractivity contribution in [1.82, 2.24) is 5.01 Å². The van der Waals surface area contributed by atoms with E-state index in [4.69, 9.17) is 9.15 Å². The SMILES string of the molecule is O=C(OCC(=O)N1N=C(c2cccs2)CC1c1cccs1)c1ccc([N+](=O)[O-])o1. The zero-order valence-corrected chi connectivity index (χ0v) is 16.4. The largest absolute Gasteiger partial charge is 0.450 e. The second kappa shape index (κ2) is 7.97. The fraction of sp³-hybridized carbons (Fsp3) is 0.167.